The number of rotatable bonds is 6. The van der Waals surface area contributed by atoms with Crippen LogP contribution in [0.25, 0.3) is 0 Å². The van der Waals surface area contributed by atoms with Crippen LogP contribution in [-0.4, -0.2) is 47.9 Å². The van der Waals surface area contributed by atoms with Crippen LogP contribution >= 0.6 is 11.3 Å². The molecule has 1 saturated carbocycles. The van der Waals surface area contributed by atoms with E-state index in [0.717, 1.165) is 24.1 Å². The predicted octanol–water partition coefficient (Wildman–Crippen LogP) is 2.87. The zero-order chi connectivity index (χ0) is 18.7. The van der Waals surface area contributed by atoms with E-state index in [4.69, 9.17) is 0 Å². The Labute approximate surface area is 160 Å². The fourth-order valence-electron chi connectivity index (χ4n) is 4.53. The first-order valence-electron chi connectivity index (χ1n) is 9.96. The lowest BCUT2D eigenvalue weighted by Gasteiger charge is -2.29. The van der Waals surface area contributed by atoms with Gasteiger partial charge in [0.05, 0.1) is 11.6 Å². The highest BCUT2D eigenvalue weighted by Crippen LogP contribution is 2.31. The summed E-state index contributed by atoms with van der Waals surface area (Å²) in [6.45, 7) is 7.55. The number of nitrogens with one attached hydrogen (secondary N) is 2. The minimum atomic E-state index is -0.113. The van der Waals surface area contributed by atoms with Crippen molar-refractivity contribution in [3.05, 3.63) is 21.4 Å². The summed E-state index contributed by atoms with van der Waals surface area (Å²) >= 11 is 1.64. The quantitative estimate of drug-likeness (QED) is 0.801. The van der Waals surface area contributed by atoms with Gasteiger partial charge in [0.15, 0.2) is 0 Å². The van der Waals surface area contributed by atoms with Crippen LogP contribution in [0.15, 0.2) is 5.38 Å². The van der Waals surface area contributed by atoms with Crippen molar-refractivity contribution in [3.63, 3.8) is 0 Å². The number of amides is 2. The SMILES string of the molecule is CCNC(=O)[C@@H]1C[C@@H](NC(=O)c2csc(C)c2CC)CN1C1CCCC1. The monoisotopic (exact) mass is 377 g/mol. The highest BCUT2D eigenvalue weighted by molar-refractivity contribution is 7.10. The number of thiophene rings is 1. The molecule has 0 unspecified atom stereocenters. The molecule has 26 heavy (non-hydrogen) atoms. The molecule has 1 aromatic rings. The summed E-state index contributed by atoms with van der Waals surface area (Å²) < 4.78 is 0. The van der Waals surface area contributed by atoms with Crippen LogP contribution in [0, 0.1) is 6.92 Å². The van der Waals surface area contributed by atoms with Gasteiger partial charge >= 0.3 is 0 Å². The van der Waals surface area contributed by atoms with Gasteiger partial charge in [0.25, 0.3) is 5.91 Å². The molecule has 3 rings (SSSR count). The summed E-state index contributed by atoms with van der Waals surface area (Å²) in [4.78, 5) is 28.9. The smallest absolute Gasteiger partial charge is 0.252 e. The van der Waals surface area contributed by atoms with Crippen molar-refractivity contribution in [2.75, 3.05) is 13.1 Å². The molecule has 5 nitrogen and oxygen atoms in total. The molecule has 1 saturated heterocycles. The average Bonchev–Trinajstić information content (AvgIpc) is 3.33. The number of carbonyl (C=O) groups is 2. The molecule has 1 aliphatic heterocycles. The first-order chi connectivity index (χ1) is 12.5. The Balaban J connectivity index is 1.70. The van der Waals surface area contributed by atoms with Gasteiger partial charge in [-0.1, -0.05) is 19.8 Å². The molecular formula is C20H31N3O2S. The number of hydrogen-bond acceptors (Lipinski definition) is 4. The maximum atomic E-state index is 12.8. The maximum Gasteiger partial charge on any atom is 0.252 e. The van der Waals surface area contributed by atoms with Gasteiger partial charge < -0.3 is 10.6 Å². The molecule has 2 N–H and O–H groups in total. The van der Waals surface area contributed by atoms with Gasteiger partial charge in [0, 0.05) is 35.4 Å². The molecule has 0 aromatic carbocycles. The molecule has 1 aliphatic carbocycles. The molecule has 144 valence electrons. The number of likely N-dealkylation sites (N-methyl/N-ethyl adjacent to an activating group) is 1. The first-order valence-corrected chi connectivity index (χ1v) is 10.8. The third-order valence-electron chi connectivity index (χ3n) is 5.82. The number of hydrogen-bond donors (Lipinski definition) is 2. The van der Waals surface area contributed by atoms with Gasteiger partial charge in [0.1, 0.15) is 0 Å². The van der Waals surface area contributed by atoms with Crippen molar-refractivity contribution in [1.29, 1.82) is 0 Å². The first kappa shape index (κ1) is 19.4. The van der Waals surface area contributed by atoms with E-state index in [9.17, 15) is 9.59 Å². The summed E-state index contributed by atoms with van der Waals surface area (Å²) in [5, 5.41) is 8.15. The zero-order valence-electron chi connectivity index (χ0n) is 16.1. The Bertz CT molecular complexity index is 651. The number of likely N-dealkylation sites (tertiary alicyclic amines) is 1. The third kappa shape index (κ3) is 3.96. The molecular weight excluding hydrogens is 346 g/mol. The summed E-state index contributed by atoms with van der Waals surface area (Å²) in [5.74, 6) is 0.121. The fourth-order valence-corrected chi connectivity index (χ4v) is 5.47. The highest BCUT2D eigenvalue weighted by Gasteiger charge is 2.41. The maximum absolute atomic E-state index is 12.8. The van der Waals surface area contributed by atoms with Crippen LogP contribution in [-0.2, 0) is 11.2 Å². The summed E-state index contributed by atoms with van der Waals surface area (Å²) in [7, 11) is 0. The highest BCUT2D eigenvalue weighted by atomic mass is 32.1. The summed E-state index contributed by atoms with van der Waals surface area (Å²) in [5.41, 5.74) is 1.96. The zero-order valence-corrected chi connectivity index (χ0v) is 17.0. The van der Waals surface area contributed by atoms with E-state index in [-0.39, 0.29) is 23.9 Å². The number of nitrogens with zero attached hydrogens (tertiary/aromatic N) is 1. The Morgan fingerprint density at radius 3 is 2.65 bits per heavy atom. The molecule has 2 amide bonds. The minimum Gasteiger partial charge on any atom is -0.355 e. The van der Waals surface area contributed by atoms with Crippen LogP contribution in [0.3, 0.4) is 0 Å². The second kappa shape index (κ2) is 8.53. The summed E-state index contributed by atoms with van der Waals surface area (Å²) in [6.07, 6.45) is 6.40. The van der Waals surface area contributed by atoms with Gasteiger partial charge in [0.2, 0.25) is 5.91 Å². The molecule has 2 heterocycles. The van der Waals surface area contributed by atoms with Crippen molar-refractivity contribution in [3.8, 4) is 0 Å². The van der Waals surface area contributed by atoms with Crippen molar-refractivity contribution in [2.24, 2.45) is 0 Å². The van der Waals surface area contributed by atoms with Gasteiger partial charge in [-0.25, -0.2) is 0 Å². The van der Waals surface area contributed by atoms with E-state index in [0.29, 0.717) is 19.0 Å². The van der Waals surface area contributed by atoms with Gasteiger partial charge in [-0.05, 0) is 45.1 Å². The molecule has 0 spiro atoms. The van der Waals surface area contributed by atoms with Gasteiger partial charge in [-0.3, -0.25) is 14.5 Å². The number of carbonyl (C=O) groups excluding carboxylic acids is 2. The van der Waals surface area contributed by atoms with E-state index in [1.165, 1.54) is 30.6 Å². The molecule has 1 aromatic heterocycles. The van der Waals surface area contributed by atoms with Crippen molar-refractivity contribution >= 4 is 23.2 Å². The Kier molecular flexibility index (Phi) is 6.35. The lowest BCUT2D eigenvalue weighted by molar-refractivity contribution is -0.126. The second-order valence-corrected chi connectivity index (χ2v) is 8.57. The van der Waals surface area contributed by atoms with E-state index >= 15 is 0 Å². The van der Waals surface area contributed by atoms with Crippen LogP contribution in [0.2, 0.25) is 0 Å². The summed E-state index contributed by atoms with van der Waals surface area (Å²) in [6, 6.07) is 0.415. The Morgan fingerprint density at radius 2 is 2.00 bits per heavy atom. The lowest BCUT2D eigenvalue weighted by atomic mass is 10.1. The molecule has 6 heteroatoms. The van der Waals surface area contributed by atoms with Gasteiger partial charge in [-0.2, -0.15) is 0 Å². The molecule has 0 radical (unpaired) electrons. The van der Waals surface area contributed by atoms with E-state index < -0.39 is 0 Å². The largest absolute Gasteiger partial charge is 0.355 e. The van der Waals surface area contributed by atoms with Crippen LogP contribution in [0.4, 0.5) is 0 Å². The molecule has 2 atom stereocenters. The van der Waals surface area contributed by atoms with Crippen molar-refractivity contribution < 1.29 is 9.59 Å². The normalized spacial score (nSPS) is 24.1. The minimum absolute atomic E-state index is 0.0131. The van der Waals surface area contributed by atoms with E-state index in [2.05, 4.69) is 29.4 Å². The topological polar surface area (TPSA) is 61.4 Å². The molecule has 2 aliphatic rings. The van der Waals surface area contributed by atoms with Gasteiger partial charge in [-0.15, -0.1) is 11.3 Å². The lowest BCUT2D eigenvalue weighted by Crippen LogP contribution is -2.47. The van der Waals surface area contributed by atoms with Crippen LogP contribution in [0.5, 0.6) is 0 Å². The third-order valence-corrected chi connectivity index (χ3v) is 6.78. The molecule has 2 fully saturated rings. The van der Waals surface area contributed by atoms with Crippen LogP contribution < -0.4 is 10.6 Å². The predicted molar refractivity (Wildman–Crippen MR) is 106 cm³/mol. The van der Waals surface area contributed by atoms with Crippen molar-refractivity contribution in [1.82, 2.24) is 15.5 Å². The van der Waals surface area contributed by atoms with Crippen LogP contribution in [0.1, 0.15) is 66.8 Å². The number of aryl methyl sites for hydroxylation is 1. The second-order valence-electron chi connectivity index (χ2n) is 7.49. The van der Waals surface area contributed by atoms with E-state index in [1.54, 1.807) is 11.3 Å². The Hall–Kier alpha value is -1.40. The average molecular weight is 378 g/mol. The Morgan fingerprint density at radius 1 is 1.27 bits per heavy atom. The van der Waals surface area contributed by atoms with E-state index in [1.807, 2.05) is 12.3 Å². The van der Waals surface area contributed by atoms with Crippen molar-refractivity contribution in [2.45, 2.75) is 77.4 Å². The molecule has 0 bridgehead atoms. The fraction of sp³-hybridized carbons (Fsp3) is 0.700. The standard InChI is InChI=1S/C20H31N3O2S/c1-4-16-13(3)26-12-17(16)19(24)22-14-10-18(20(25)21-5-2)23(11-14)15-8-6-7-9-15/h12,14-15,18H,4-11H2,1-3H3,(H,21,25)(H,22,24)/t14-,18+/m1/s1.